The zero-order valence-corrected chi connectivity index (χ0v) is 8.90. The minimum absolute atomic E-state index is 0.337. The Morgan fingerprint density at radius 3 is 1.80 bits per heavy atom. The molecule has 0 bridgehead atoms. The Morgan fingerprint density at radius 2 is 1.47 bits per heavy atom. The van der Waals surface area contributed by atoms with Crippen molar-refractivity contribution in [2.45, 2.75) is 5.57 Å². The van der Waals surface area contributed by atoms with Crippen molar-refractivity contribution in [2.75, 3.05) is 0 Å². The van der Waals surface area contributed by atoms with Gasteiger partial charge in [-0.1, -0.05) is 23.2 Å². The molecule has 0 aliphatic carbocycles. The lowest BCUT2D eigenvalue weighted by atomic mass is 10.3. The molecule has 0 amide bonds. The molecule has 0 heterocycles. The molecule has 0 spiro atoms. The van der Waals surface area contributed by atoms with Crippen LogP contribution >= 0.6 is 34.8 Å². The molecular formula is C7HCl3F4O. The van der Waals surface area contributed by atoms with Crippen LogP contribution in [0, 0.1) is 11.6 Å². The lowest BCUT2D eigenvalue weighted by molar-refractivity contribution is -0.0966. The largest absolute Gasteiger partial charge is 0.487 e. The number of ether oxygens (including phenoxy) is 1. The molecule has 1 aromatic carbocycles. The first-order chi connectivity index (χ1) is 6.72. The Hall–Kier alpha value is -0.390. The van der Waals surface area contributed by atoms with Gasteiger partial charge >= 0.3 is 5.57 Å². The van der Waals surface area contributed by atoms with Gasteiger partial charge in [0, 0.05) is 17.7 Å². The Bertz CT molecular complexity index is 365. The number of hydrogen-bond donors (Lipinski definition) is 0. The molecule has 0 aromatic heterocycles. The highest BCUT2D eigenvalue weighted by Gasteiger charge is 2.31. The molecule has 15 heavy (non-hydrogen) atoms. The highest BCUT2D eigenvalue weighted by atomic mass is 35.5. The third-order valence-electron chi connectivity index (χ3n) is 1.29. The quantitative estimate of drug-likeness (QED) is 0.443. The van der Waals surface area contributed by atoms with Crippen molar-refractivity contribution in [3.63, 3.8) is 0 Å². The standard InChI is InChI=1S/C7HCl3F4O/c8-4-2(11)1-3(12)5(9)6(4)15-7(10,13)14/h1H. The van der Waals surface area contributed by atoms with E-state index in [1.165, 1.54) is 0 Å². The maximum Gasteiger partial charge on any atom is 0.487 e. The van der Waals surface area contributed by atoms with Gasteiger partial charge in [-0.3, -0.25) is 0 Å². The zero-order chi connectivity index (χ0) is 11.8. The second-order valence-corrected chi connectivity index (χ2v) is 3.54. The van der Waals surface area contributed by atoms with E-state index in [1.54, 1.807) is 0 Å². The van der Waals surface area contributed by atoms with Crippen LogP contribution in [0.1, 0.15) is 0 Å². The zero-order valence-electron chi connectivity index (χ0n) is 6.63. The van der Waals surface area contributed by atoms with Gasteiger partial charge < -0.3 is 4.74 Å². The fourth-order valence-electron chi connectivity index (χ4n) is 0.757. The molecule has 1 nitrogen and oxygen atoms in total. The maximum absolute atomic E-state index is 12.8. The van der Waals surface area contributed by atoms with E-state index in [2.05, 4.69) is 16.3 Å². The monoisotopic (exact) mass is 282 g/mol. The smallest absolute Gasteiger partial charge is 0.417 e. The van der Waals surface area contributed by atoms with Crippen molar-refractivity contribution in [3.8, 4) is 5.75 Å². The molecule has 0 radical (unpaired) electrons. The number of benzene rings is 1. The molecule has 1 aromatic rings. The first-order valence-electron chi connectivity index (χ1n) is 3.31. The summed E-state index contributed by atoms with van der Waals surface area (Å²) in [6, 6.07) is 0.337. The topological polar surface area (TPSA) is 9.23 Å². The molecule has 0 N–H and O–H groups in total. The molecule has 84 valence electrons. The van der Waals surface area contributed by atoms with Gasteiger partial charge in [0.1, 0.15) is 21.7 Å². The summed E-state index contributed by atoms with van der Waals surface area (Å²) in [5, 5.41) is -1.75. The van der Waals surface area contributed by atoms with Crippen molar-refractivity contribution < 1.29 is 22.3 Å². The summed E-state index contributed by atoms with van der Waals surface area (Å²) >= 11 is 14.9. The fraction of sp³-hybridized carbons (Fsp3) is 0.143. The van der Waals surface area contributed by atoms with Gasteiger partial charge in [0.25, 0.3) is 0 Å². The fourth-order valence-corrected chi connectivity index (χ4v) is 1.26. The lowest BCUT2D eigenvalue weighted by Crippen LogP contribution is -2.16. The summed E-state index contributed by atoms with van der Waals surface area (Å²) in [5.74, 6) is -3.61. The number of rotatable bonds is 2. The lowest BCUT2D eigenvalue weighted by Gasteiger charge is -2.13. The summed E-state index contributed by atoms with van der Waals surface area (Å²) in [7, 11) is 0. The highest BCUT2D eigenvalue weighted by Crippen LogP contribution is 2.40. The maximum atomic E-state index is 12.8. The van der Waals surface area contributed by atoms with E-state index in [0.717, 1.165) is 0 Å². The molecule has 8 heteroatoms. The van der Waals surface area contributed by atoms with Crippen LogP contribution in [0.15, 0.2) is 6.07 Å². The molecule has 0 saturated heterocycles. The van der Waals surface area contributed by atoms with E-state index in [1.807, 2.05) is 0 Å². The summed E-state index contributed by atoms with van der Waals surface area (Å²) < 4.78 is 53.7. The Kier molecular flexibility index (Phi) is 3.58. The predicted octanol–water partition coefficient (Wildman–Crippen LogP) is 4.44. The molecule has 0 saturated carbocycles. The Balaban J connectivity index is 3.27. The molecule has 0 fully saturated rings. The average Bonchev–Trinajstić information content (AvgIpc) is 2.08. The molecule has 1 rings (SSSR count). The summed E-state index contributed by atoms with van der Waals surface area (Å²) in [5.41, 5.74) is -4.16. The molecular weight excluding hydrogens is 282 g/mol. The molecule has 0 unspecified atom stereocenters. The first kappa shape index (κ1) is 12.7. The van der Waals surface area contributed by atoms with Gasteiger partial charge in [-0.15, -0.1) is 8.78 Å². The van der Waals surface area contributed by atoms with Crippen LogP contribution in [0.3, 0.4) is 0 Å². The normalized spacial score (nSPS) is 11.7. The van der Waals surface area contributed by atoms with Gasteiger partial charge in [-0.25, -0.2) is 8.78 Å². The van der Waals surface area contributed by atoms with Crippen molar-refractivity contribution in [3.05, 3.63) is 27.7 Å². The third-order valence-corrected chi connectivity index (χ3v) is 2.07. The second kappa shape index (κ2) is 4.23. The van der Waals surface area contributed by atoms with Crippen molar-refractivity contribution >= 4 is 34.8 Å². The third kappa shape index (κ3) is 3.03. The van der Waals surface area contributed by atoms with E-state index in [0.29, 0.717) is 6.07 Å². The Morgan fingerprint density at radius 1 is 1.07 bits per heavy atom. The van der Waals surface area contributed by atoms with Crippen LogP contribution in [0.5, 0.6) is 5.75 Å². The van der Waals surface area contributed by atoms with Crippen LogP contribution in [-0.4, -0.2) is 5.57 Å². The van der Waals surface area contributed by atoms with Gasteiger partial charge in [-0.2, -0.15) is 0 Å². The van der Waals surface area contributed by atoms with Crippen LogP contribution < -0.4 is 4.74 Å². The van der Waals surface area contributed by atoms with E-state index < -0.39 is 33.0 Å². The summed E-state index contributed by atoms with van der Waals surface area (Å²) in [4.78, 5) is 0. The van der Waals surface area contributed by atoms with Crippen molar-refractivity contribution in [1.29, 1.82) is 0 Å². The molecule has 0 aliphatic rings. The van der Waals surface area contributed by atoms with Gasteiger partial charge in [0.05, 0.1) is 0 Å². The number of halogens is 7. The van der Waals surface area contributed by atoms with Gasteiger partial charge in [0.15, 0.2) is 5.75 Å². The molecule has 0 atom stereocenters. The second-order valence-electron chi connectivity index (χ2n) is 2.35. The highest BCUT2D eigenvalue weighted by molar-refractivity contribution is 6.37. The van der Waals surface area contributed by atoms with Gasteiger partial charge in [0.2, 0.25) is 0 Å². The van der Waals surface area contributed by atoms with Gasteiger partial charge in [-0.05, 0) is 0 Å². The Labute approximate surface area is 96.5 Å². The minimum Gasteiger partial charge on any atom is -0.417 e. The number of hydrogen-bond acceptors (Lipinski definition) is 1. The number of alkyl halides is 3. The van der Waals surface area contributed by atoms with E-state index in [9.17, 15) is 17.6 Å². The summed E-state index contributed by atoms with van der Waals surface area (Å²) in [6.07, 6.45) is 0. The van der Waals surface area contributed by atoms with Crippen molar-refractivity contribution in [2.24, 2.45) is 0 Å². The van der Waals surface area contributed by atoms with E-state index in [-0.39, 0.29) is 0 Å². The van der Waals surface area contributed by atoms with Crippen molar-refractivity contribution in [1.82, 2.24) is 0 Å². The van der Waals surface area contributed by atoms with Crippen LogP contribution in [-0.2, 0) is 0 Å². The minimum atomic E-state index is -4.16. The van der Waals surface area contributed by atoms with Crippen LogP contribution in [0.4, 0.5) is 17.6 Å². The first-order valence-corrected chi connectivity index (χ1v) is 4.44. The summed E-state index contributed by atoms with van der Waals surface area (Å²) in [6.45, 7) is 0. The van der Waals surface area contributed by atoms with E-state index >= 15 is 0 Å². The SMILES string of the molecule is Fc1cc(F)c(Cl)c(OC(F)(F)Cl)c1Cl. The van der Waals surface area contributed by atoms with E-state index in [4.69, 9.17) is 23.2 Å². The average molecular weight is 283 g/mol. The van der Waals surface area contributed by atoms with Crippen LogP contribution in [0.25, 0.3) is 0 Å². The van der Waals surface area contributed by atoms with Crippen LogP contribution in [0.2, 0.25) is 10.0 Å². The molecule has 0 aliphatic heterocycles. The predicted molar refractivity (Wildman–Crippen MR) is 47.8 cm³/mol.